The van der Waals surface area contributed by atoms with Crippen molar-refractivity contribution >= 4 is 6.21 Å². The highest BCUT2D eigenvalue weighted by atomic mass is 15.3. The van der Waals surface area contributed by atoms with E-state index in [1.165, 1.54) is 0 Å². The maximum absolute atomic E-state index is 8.08. The van der Waals surface area contributed by atoms with Crippen molar-refractivity contribution in [2.24, 2.45) is 5.10 Å². The largest absolute Gasteiger partial charge is 0.309 e. The third-order valence-corrected chi connectivity index (χ3v) is 0.714. The number of nitrogens with zero attached hydrogens (tertiary/aromatic N) is 2. The molecule has 0 rings (SSSR count). The SMILES string of the molecule is CCC=NNCCC#N. The standard InChI is InChI=1S/C6H11N3/c1-2-5-8-9-6-3-4-7/h5,9H,2-3,6H2,1H3. The van der Waals surface area contributed by atoms with Gasteiger partial charge < -0.3 is 5.43 Å². The van der Waals surface area contributed by atoms with Crippen LogP contribution in [0, 0.1) is 11.3 Å². The second-order valence-electron chi connectivity index (χ2n) is 1.54. The van der Waals surface area contributed by atoms with E-state index in [1.807, 2.05) is 13.0 Å². The Morgan fingerprint density at radius 1 is 1.78 bits per heavy atom. The van der Waals surface area contributed by atoms with Gasteiger partial charge in [0.25, 0.3) is 0 Å². The Morgan fingerprint density at radius 2 is 2.56 bits per heavy atom. The van der Waals surface area contributed by atoms with Gasteiger partial charge in [-0.1, -0.05) is 6.92 Å². The van der Waals surface area contributed by atoms with Crippen LogP contribution in [-0.4, -0.2) is 12.8 Å². The molecule has 0 aliphatic carbocycles. The topological polar surface area (TPSA) is 48.2 Å². The van der Waals surface area contributed by atoms with Crippen molar-refractivity contribution in [1.82, 2.24) is 5.43 Å². The van der Waals surface area contributed by atoms with Crippen LogP contribution in [0.2, 0.25) is 0 Å². The fourth-order valence-electron chi connectivity index (χ4n) is 0.332. The van der Waals surface area contributed by atoms with E-state index in [4.69, 9.17) is 5.26 Å². The average molecular weight is 125 g/mol. The first-order valence-electron chi connectivity index (χ1n) is 3.03. The van der Waals surface area contributed by atoms with E-state index in [0.29, 0.717) is 13.0 Å². The van der Waals surface area contributed by atoms with Gasteiger partial charge >= 0.3 is 0 Å². The summed E-state index contributed by atoms with van der Waals surface area (Å²) in [6, 6.07) is 2.01. The maximum Gasteiger partial charge on any atom is 0.0640 e. The lowest BCUT2D eigenvalue weighted by Crippen LogP contribution is -2.05. The van der Waals surface area contributed by atoms with Crippen LogP contribution < -0.4 is 5.43 Å². The van der Waals surface area contributed by atoms with Crippen LogP contribution >= 0.6 is 0 Å². The van der Waals surface area contributed by atoms with E-state index >= 15 is 0 Å². The zero-order chi connectivity index (χ0) is 6.95. The molecule has 0 aliphatic heterocycles. The van der Waals surface area contributed by atoms with Crippen molar-refractivity contribution in [3.63, 3.8) is 0 Å². The molecular weight excluding hydrogens is 114 g/mol. The summed E-state index contributed by atoms with van der Waals surface area (Å²) in [6.45, 7) is 2.66. The third kappa shape index (κ3) is 6.96. The van der Waals surface area contributed by atoms with Crippen molar-refractivity contribution in [1.29, 1.82) is 5.26 Å². The van der Waals surface area contributed by atoms with Gasteiger partial charge in [0.15, 0.2) is 0 Å². The van der Waals surface area contributed by atoms with Crippen molar-refractivity contribution < 1.29 is 0 Å². The predicted octanol–water partition coefficient (Wildman–Crippen LogP) is 0.885. The average Bonchev–Trinajstić information content (AvgIpc) is 1.89. The Labute approximate surface area is 55.4 Å². The van der Waals surface area contributed by atoms with E-state index in [1.54, 1.807) is 6.21 Å². The Kier molecular flexibility index (Phi) is 6.16. The van der Waals surface area contributed by atoms with E-state index in [9.17, 15) is 0 Å². The first-order valence-corrected chi connectivity index (χ1v) is 3.03. The van der Waals surface area contributed by atoms with E-state index in [2.05, 4.69) is 10.5 Å². The smallest absolute Gasteiger partial charge is 0.0640 e. The van der Waals surface area contributed by atoms with Gasteiger partial charge in [0, 0.05) is 12.8 Å². The lowest BCUT2D eigenvalue weighted by Gasteiger charge is -1.90. The Balaban J connectivity index is 2.92. The van der Waals surface area contributed by atoms with Crippen molar-refractivity contribution in [3.05, 3.63) is 0 Å². The van der Waals surface area contributed by atoms with E-state index in [-0.39, 0.29) is 0 Å². The van der Waals surface area contributed by atoms with E-state index in [0.717, 1.165) is 6.42 Å². The predicted molar refractivity (Wildman–Crippen MR) is 37.0 cm³/mol. The monoisotopic (exact) mass is 125 g/mol. The number of hydrazone groups is 1. The number of hydrogen-bond acceptors (Lipinski definition) is 3. The zero-order valence-electron chi connectivity index (χ0n) is 5.59. The van der Waals surface area contributed by atoms with Gasteiger partial charge in [-0.25, -0.2) is 0 Å². The molecule has 0 saturated heterocycles. The maximum atomic E-state index is 8.08. The van der Waals surface area contributed by atoms with Crippen molar-refractivity contribution in [2.45, 2.75) is 19.8 Å². The first-order chi connectivity index (χ1) is 4.41. The molecule has 0 fully saturated rings. The van der Waals surface area contributed by atoms with Crippen molar-refractivity contribution in [2.75, 3.05) is 6.54 Å². The molecule has 3 nitrogen and oxygen atoms in total. The summed E-state index contributed by atoms with van der Waals surface area (Å²) in [5.74, 6) is 0. The second kappa shape index (κ2) is 6.96. The number of nitrogens with one attached hydrogen (secondary N) is 1. The Bertz CT molecular complexity index is 112. The minimum atomic E-state index is 0.515. The fourth-order valence-corrected chi connectivity index (χ4v) is 0.332. The van der Waals surface area contributed by atoms with Gasteiger partial charge in [0.05, 0.1) is 12.5 Å². The second-order valence-corrected chi connectivity index (χ2v) is 1.54. The molecule has 0 unspecified atom stereocenters. The van der Waals surface area contributed by atoms with Gasteiger partial charge in [0.2, 0.25) is 0 Å². The minimum Gasteiger partial charge on any atom is -0.309 e. The highest BCUT2D eigenvalue weighted by Crippen LogP contribution is 1.70. The molecule has 0 heterocycles. The molecular formula is C6H11N3. The van der Waals surface area contributed by atoms with Gasteiger partial charge in [-0.3, -0.25) is 0 Å². The summed E-state index contributed by atoms with van der Waals surface area (Å²) >= 11 is 0. The van der Waals surface area contributed by atoms with Crippen LogP contribution in [0.1, 0.15) is 19.8 Å². The molecule has 0 aromatic carbocycles. The third-order valence-electron chi connectivity index (χ3n) is 0.714. The number of nitriles is 1. The molecule has 0 bridgehead atoms. The zero-order valence-corrected chi connectivity index (χ0v) is 5.59. The molecule has 0 amide bonds. The van der Waals surface area contributed by atoms with Gasteiger partial charge in [-0.15, -0.1) is 0 Å². The highest BCUT2D eigenvalue weighted by Gasteiger charge is 1.76. The molecule has 50 valence electrons. The molecule has 0 spiro atoms. The number of hydrogen-bond donors (Lipinski definition) is 1. The summed E-state index contributed by atoms with van der Waals surface area (Å²) in [6.07, 6.45) is 3.22. The summed E-state index contributed by atoms with van der Waals surface area (Å²) in [5, 5.41) is 11.9. The molecule has 0 aromatic heterocycles. The molecule has 3 heteroatoms. The van der Waals surface area contributed by atoms with Gasteiger partial charge in [-0.05, 0) is 6.42 Å². The highest BCUT2D eigenvalue weighted by molar-refractivity contribution is 5.55. The molecule has 9 heavy (non-hydrogen) atoms. The van der Waals surface area contributed by atoms with Crippen LogP contribution in [0.3, 0.4) is 0 Å². The van der Waals surface area contributed by atoms with Crippen LogP contribution in [0.4, 0.5) is 0 Å². The van der Waals surface area contributed by atoms with Gasteiger partial charge in [0.1, 0.15) is 0 Å². The fraction of sp³-hybridized carbons (Fsp3) is 0.667. The lowest BCUT2D eigenvalue weighted by molar-refractivity contribution is 0.748. The summed E-state index contributed by atoms with van der Waals surface area (Å²) in [5.41, 5.74) is 2.73. The van der Waals surface area contributed by atoms with Crippen LogP contribution in [0.5, 0.6) is 0 Å². The number of rotatable bonds is 4. The van der Waals surface area contributed by atoms with Crippen LogP contribution in [0.25, 0.3) is 0 Å². The summed E-state index contributed by atoms with van der Waals surface area (Å²) in [7, 11) is 0. The summed E-state index contributed by atoms with van der Waals surface area (Å²) in [4.78, 5) is 0. The van der Waals surface area contributed by atoms with Crippen LogP contribution in [0.15, 0.2) is 5.10 Å². The molecule has 0 saturated carbocycles. The minimum absolute atomic E-state index is 0.515. The normalized spacial score (nSPS) is 9.33. The first kappa shape index (κ1) is 7.96. The molecule has 0 aromatic rings. The Hall–Kier alpha value is -1.04. The molecule has 0 aliphatic rings. The van der Waals surface area contributed by atoms with E-state index < -0.39 is 0 Å². The van der Waals surface area contributed by atoms with Crippen molar-refractivity contribution in [3.8, 4) is 6.07 Å². The quantitative estimate of drug-likeness (QED) is 0.344. The lowest BCUT2D eigenvalue weighted by atomic mass is 10.5. The summed E-state index contributed by atoms with van der Waals surface area (Å²) < 4.78 is 0. The molecule has 0 radical (unpaired) electrons. The Morgan fingerprint density at radius 3 is 3.11 bits per heavy atom. The van der Waals surface area contributed by atoms with Crippen LogP contribution in [-0.2, 0) is 0 Å². The molecule has 1 N–H and O–H groups in total. The van der Waals surface area contributed by atoms with Gasteiger partial charge in [-0.2, -0.15) is 10.4 Å². The molecule has 0 atom stereocenters.